The number of anilines is 2. The molecular formula is C17H28N4O2. The number of hydrogen-bond acceptors (Lipinski definition) is 4. The minimum Gasteiger partial charge on any atom is -0.349 e. The Balaban J connectivity index is 2.06. The molecule has 1 N–H and O–H groups in total. The highest BCUT2D eigenvalue weighted by molar-refractivity contribution is 5.71. The van der Waals surface area contributed by atoms with Crippen LogP contribution in [0.15, 0.2) is 21.2 Å². The van der Waals surface area contributed by atoms with E-state index in [9.17, 15) is 9.59 Å². The fourth-order valence-corrected chi connectivity index (χ4v) is 3.05. The van der Waals surface area contributed by atoms with E-state index in [-0.39, 0.29) is 11.2 Å². The molecule has 0 amide bonds. The molecule has 0 bridgehead atoms. The van der Waals surface area contributed by atoms with Crippen molar-refractivity contribution in [2.24, 2.45) is 13.0 Å². The first-order valence-electron chi connectivity index (χ1n) is 8.24. The van der Waals surface area contributed by atoms with Gasteiger partial charge in [-0.2, -0.15) is 0 Å². The Kier molecular flexibility index (Phi) is 5.34. The molecule has 0 saturated carbocycles. The van der Waals surface area contributed by atoms with Crippen molar-refractivity contribution in [3.63, 3.8) is 0 Å². The lowest BCUT2D eigenvalue weighted by molar-refractivity contribution is 0.492. The number of aromatic nitrogens is 2. The first-order chi connectivity index (χ1) is 10.8. The number of nitrogens with zero attached hydrogens (tertiary/aromatic N) is 3. The predicted molar refractivity (Wildman–Crippen MR) is 95.4 cm³/mol. The number of nitrogens with one attached hydrogen (secondary N) is 1. The summed E-state index contributed by atoms with van der Waals surface area (Å²) in [5, 5.41) is 0. The van der Waals surface area contributed by atoms with Crippen molar-refractivity contribution in [3.8, 4) is 0 Å². The molecule has 6 heteroatoms. The zero-order valence-electron chi connectivity index (χ0n) is 14.8. The van der Waals surface area contributed by atoms with Gasteiger partial charge in [0, 0.05) is 20.6 Å². The van der Waals surface area contributed by atoms with Crippen LogP contribution in [0.3, 0.4) is 0 Å². The third-order valence-corrected chi connectivity index (χ3v) is 4.44. The number of aromatic amines is 1. The number of allylic oxidation sites excluding steroid dienone is 2. The second-order valence-electron chi connectivity index (χ2n) is 6.85. The van der Waals surface area contributed by atoms with Gasteiger partial charge in [0.05, 0.1) is 6.67 Å². The van der Waals surface area contributed by atoms with Gasteiger partial charge in [-0.3, -0.25) is 14.3 Å². The van der Waals surface area contributed by atoms with Crippen molar-refractivity contribution in [1.29, 1.82) is 0 Å². The molecule has 1 aliphatic heterocycles. The zero-order valence-corrected chi connectivity index (χ0v) is 14.8. The van der Waals surface area contributed by atoms with Crippen LogP contribution in [-0.4, -0.2) is 29.8 Å². The standard InChI is InChI=1S/C17H28N4O2/c1-12(2)7-6-8-13(3)9-10-21-11-19(4)14-15(22)18-17(23)20(5)16(14)21/h7,13H,6,8-11H2,1-5H3,(H,18,22,23)/t13-/m0/s1. The SMILES string of the molecule is CC(C)=CCC[C@H](C)CCN1CN(C)c2c1n(C)c(=O)[nH]c2=O. The van der Waals surface area contributed by atoms with Gasteiger partial charge in [-0.1, -0.05) is 18.6 Å². The maximum Gasteiger partial charge on any atom is 0.329 e. The Morgan fingerprint density at radius 3 is 2.61 bits per heavy atom. The maximum absolute atomic E-state index is 12.0. The van der Waals surface area contributed by atoms with E-state index in [0.717, 1.165) is 31.6 Å². The van der Waals surface area contributed by atoms with Gasteiger partial charge in [-0.25, -0.2) is 4.79 Å². The summed E-state index contributed by atoms with van der Waals surface area (Å²) in [5.41, 5.74) is 1.29. The molecule has 0 radical (unpaired) electrons. The molecule has 0 fully saturated rings. The van der Waals surface area contributed by atoms with Crippen molar-refractivity contribution in [2.75, 3.05) is 30.1 Å². The summed E-state index contributed by atoms with van der Waals surface area (Å²) in [6.45, 7) is 8.01. The Morgan fingerprint density at radius 2 is 1.96 bits per heavy atom. The van der Waals surface area contributed by atoms with Gasteiger partial charge in [0.15, 0.2) is 0 Å². The van der Waals surface area contributed by atoms with Gasteiger partial charge in [0.2, 0.25) is 0 Å². The molecule has 0 spiro atoms. The van der Waals surface area contributed by atoms with Crippen LogP contribution in [0.4, 0.5) is 11.5 Å². The van der Waals surface area contributed by atoms with Gasteiger partial charge in [0.1, 0.15) is 11.5 Å². The van der Waals surface area contributed by atoms with E-state index in [1.807, 2.05) is 11.9 Å². The monoisotopic (exact) mass is 320 g/mol. The molecule has 1 aromatic rings. The van der Waals surface area contributed by atoms with E-state index in [0.29, 0.717) is 18.3 Å². The average molecular weight is 320 g/mol. The third-order valence-electron chi connectivity index (χ3n) is 4.44. The molecule has 1 atom stereocenters. The smallest absolute Gasteiger partial charge is 0.329 e. The van der Waals surface area contributed by atoms with Crippen LogP contribution in [0.5, 0.6) is 0 Å². The van der Waals surface area contributed by atoms with E-state index in [1.54, 1.807) is 7.05 Å². The summed E-state index contributed by atoms with van der Waals surface area (Å²) < 4.78 is 1.54. The lowest BCUT2D eigenvalue weighted by atomic mass is 10.0. The third kappa shape index (κ3) is 3.86. The quantitative estimate of drug-likeness (QED) is 0.815. The van der Waals surface area contributed by atoms with Crippen LogP contribution in [-0.2, 0) is 7.05 Å². The summed E-state index contributed by atoms with van der Waals surface area (Å²) in [7, 11) is 3.60. The zero-order chi connectivity index (χ0) is 17.1. The van der Waals surface area contributed by atoms with Crippen LogP contribution in [0.25, 0.3) is 0 Å². The summed E-state index contributed by atoms with van der Waals surface area (Å²) >= 11 is 0. The van der Waals surface area contributed by atoms with Gasteiger partial charge < -0.3 is 9.80 Å². The van der Waals surface area contributed by atoms with Gasteiger partial charge >= 0.3 is 5.69 Å². The summed E-state index contributed by atoms with van der Waals surface area (Å²) in [5.74, 6) is 1.34. The molecule has 23 heavy (non-hydrogen) atoms. The highest BCUT2D eigenvalue weighted by atomic mass is 16.2. The van der Waals surface area contributed by atoms with E-state index < -0.39 is 0 Å². The second kappa shape index (κ2) is 7.06. The highest BCUT2D eigenvalue weighted by Crippen LogP contribution is 2.30. The topological polar surface area (TPSA) is 61.3 Å². The van der Waals surface area contributed by atoms with E-state index in [1.165, 1.54) is 10.1 Å². The molecular weight excluding hydrogens is 292 g/mol. The number of hydrogen-bond donors (Lipinski definition) is 1. The van der Waals surface area contributed by atoms with Crippen LogP contribution in [0.2, 0.25) is 0 Å². The Morgan fingerprint density at radius 1 is 1.26 bits per heavy atom. The fraction of sp³-hybridized carbons (Fsp3) is 0.647. The van der Waals surface area contributed by atoms with Gasteiger partial charge in [-0.05, 0) is 39.0 Å². The average Bonchev–Trinajstić information content (AvgIpc) is 2.79. The number of H-pyrrole nitrogens is 1. The van der Waals surface area contributed by atoms with Gasteiger partial charge in [0.25, 0.3) is 5.56 Å². The highest BCUT2D eigenvalue weighted by Gasteiger charge is 2.29. The summed E-state index contributed by atoms with van der Waals surface area (Å²) in [4.78, 5) is 30.3. The lowest BCUT2D eigenvalue weighted by Gasteiger charge is -2.22. The summed E-state index contributed by atoms with van der Waals surface area (Å²) in [6, 6.07) is 0. The first-order valence-corrected chi connectivity index (χ1v) is 8.24. The molecule has 0 aliphatic carbocycles. The fourth-order valence-electron chi connectivity index (χ4n) is 3.05. The summed E-state index contributed by atoms with van der Waals surface area (Å²) in [6.07, 6.45) is 5.59. The Bertz CT molecular complexity index is 698. The minimum atomic E-state index is -0.356. The molecule has 0 saturated heterocycles. The van der Waals surface area contributed by atoms with Crippen molar-refractivity contribution in [2.45, 2.75) is 40.0 Å². The number of rotatable bonds is 6. The lowest BCUT2D eigenvalue weighted by Crippen LogP contribution is -2.33. The Hall–Kier alpha value is -1.98. The first kappa shape index (κ1) is 17.4. The normalized spacial score (nSPS) is 14.8. The van der Waals surface area contributed by atoms with Crippen molar-refractivity contribution < 1.29 is 0 Å². The second-order valence-corrected chi connectivity index (χ2v) is 6.85. The van der Waals surface area contributed by atoms with Gasteiger partial charge in [-0.15, -0.1) is 0 Å². The van der Waals surface area contributed by atoms with Crippen molar-refractivity contribution >= 4 is 11.5 Å². The Labute approximate surface area is 137 Å². The van der Waals surface area contributed by atoms with E-state index in [2.05, 4.69) is 36.7 Å². The molecule has 0 aromatic carbocycles. The van der Waals surface area contributed by atoms with Crippen molar-refractivity contribution in [1.82, 2.24) is 9.55 Å². The molecule has 0 unspecified atom stereocenters. The van der Waals surface area contributed by atoms with E-state index >= 15 is 0 Å². The molecule has 1 aromatic heterocycles. The molecule has 6 nitrogen and oxygen atoms in total. The van der Waals surface area contributed by atoms with Crippen LogP contribution >= 0.6 is 0 Å². The molecule has 128 valence electrons. The van der Waals surface area contributed by atoms with Crippen LogP contribution in [0, 0.1) is 5.92 Å². The predicted octanol–water partition coefficient (Wildman–Crippen LogP) is 2.06. The van der Waals surface area contributed by atoms with Crippen molar-refractivity contribution in [3.05, 3.63) is 32.5 Å². The molecule has 2 heterocycles. The molecule has 1 aliphatic rings. The minimum absolute atomic E-state index is 0.301. The largest absolute Gasteiger partial charge is 0.349 e. The maximum atomic E-state index is 12.0. The van der Waals surface area contributed by atoms with Crippen LogP contribution in [0.1, 0.15) is 40.0 Å². The number of fused-ring (bicyclic) bond motifs is 1. The van der Waals surface area contributed by atoms with Crippen LogP contribution < -0.4 is 21.0 Å². The molecule has 2 rings (SSSR count). The van der Waals surface area contributed by atoms with E-state index in [4.69, 9.17) is 0 Å².